The zero-order chi connectivity index (χ0) is 12.8. The first kappa shape index (κ1) is 16.4. The van der Waals surface area contributed by atoms with Crippen molar-refractivity contribution in [3.05, 3.63) is 29.3 Å². The molecule has 4 nitrogen and oxygen atoms in total. The molecule has 0 amide bonds. The Bertz CT molecular complexity index is 411. The number of rotatable bonds is 4. The maximum Gasteiger partial charge on any atom is 0.191 e. The number of hydrogen-bond acceptors (Lipinski definition) is 4. The van der Waals surface area contributed by atoms with Crippen LogP contribution in [0.4, 0.5) is 0 Å². The molecule has 1 aliphatic rings. The molecule has 0 aliphatic carbocycles. The van der Waals surface area contributed by atoms with Crippen molar-refractivity contribution in [2.24, 2.45) is 4.99 Å². The van der Waals surface area contributed by atoms with Gasteiger partial charge in [0.1, 0.15) is 11.9 Å². The lowest BCUT2D eigenvalue weighted by Crippen LogP contribution is -2.44. The maximum atomic E-state index is 5.82. The normalized spacial score (nSPS) is 15.6. The molecule has 0 bridgehead atoms. The van der Waals surface area contributed by atoms with Gasteiger partial charge in [0.25, 0.3) is 0 Å². The summed E-state index contributed by atoms with van der Waals surface area (Å²) in [6.45, 7) is 4.61. The Hall–Kier alpha value is -0.690. The van der Waals surface area contributed by atoms with Crippen LogP contribution in [0, 0.1) is 0 Å². The molecule has 0 spiro atoms. The van der Waals surface area contributed by atoms with E-state index in [1.807, 2.05) is 31.2 Å². The van der Waals surface area contributed by atoms with E-state index in [4.69, 9.17) is 16.3 Å². The topological polar surface area (TPSA) is 45.7 Å². The average Bonchev–Trinajstić information content (AvgIpc) is 2.40. The first-order valence-electron chi connectivity index (χ1n) is 6.18. The van der Waals surface area contributed by atoms with Gasteiger partial charge in [-0.1, -0.05) is 11.6 Å². The second kappa shape index (κ2) is 8.47. The molecule has 0 unspecified atom stereocenters. The summed E-state index contributed by atoms with van der Waals surface area (Å²) < 4.78 is 5.76. The van der Waals surface area contributed by atoms with Crippen molar-refractivity contribution in [1.82, 2.24) is 10.6 Å². The van der Waals surface area contributed by atoms with Gasteiger partial charge in [-0.05, 0) is 37.6 Å². The number of nitrogens with zero attached hydrogens (tertiary/aromatic N) is 1. The van der Waals surface area contributed by atoms with E-state index in [9.17, 15) is 0 Å². The largest absolute Gasteiger partial charge is 0.489 e. The van der Waals surface area contributed by atoms with Crippen LogP contribution in [-0.2, 0) is 0 Å². The average molecular weight is 396 g/mol. The molecule has 1 aliphatic heterocycles. The Morgan fingerprint density at radius 2 is 2.16 bits per heavy atom. The number of guanidine groups is 1. The zero-order valence-corrected chi connectivity index (χ0v) is 13.9. The van der Waals surface area contributed by atoms with Crippen LogP contribution in [0.15, 0.2) is 29.3 Å². The molecular weight excluding hydrogens is 377 g/mol. The van der Waals surface area contributed by atoms with Crippen LogP contribution in [0.2, 0.25) is 5.02 Å². The quantitative estimate of drug-likeness (QED) is 0.771. The van der Waals surface area contributed by atoms with Crippen molar-refractivity contribution in [2.45, 2.75) is 19.4 Å². The SMILES string of the molecule is C[C@@H](CNC1=NCCCN1)Oc1ccc(Cl)cc1.I. The molecule has 1 aromatic rings. The standard InChI is InChI=1S/C13H18ClN3O.HI/c1-10(9-17-13-15-7-2-8-16-13)18-12-5-3-11(14)4-6-12;/h3-6,10H,2,7-9H2,1H3,(H2,15,16,17);1H/t10-;/m0./s1. The Balaban J connectivity index is 0.00000180. The van der Waals surface area contributed by atoms with Gasteiger partial charge in [0.2, 0.25) is 0 Å². The van der Waals surface area contributed by atoms with E-state index in [1.54, 1.807) is 0 Å². The number of ether oxygens (including phenoxy) is 1. The molecule has 106 valence electrons. The third-order valence-corrected chi connectivity index (χ3v) is 2.86. The monoisotopic (exact) mass is 395 g/mol. The Labute approximate surface area is 136 Å². The van der Waals surface area contributed by atoms with Gasteiger partial charge in [-0.3, -0.25) is 4.99 Å². The summed E-state index contributed by atoms with van der Waals surface area (Å²) >= 11 is 5.82. The summed E-state index contributed by atoms with van der Waals surface area (Å²) in [5.41, 5.74) is 0. The van der Waals surface area contributed by atoms with Gasteiger partial charge in [-0.25, -0.2) is 0 Å². The second-order valence-corrected chi connectivity index (χ2v) is 4.71. The highest BCUT2D eigenvalue weighted by atomic mass is 127. The maximum absolute atomic E-state index is 5.82. The van der Waals surface area contributed by atoms with Crippen molar-refractivity contribution in [2.75, 3.05) is 19.6 Å². The summed E-state index contributed by atoms with van der Waals surface area (Å²) in [6, 6.07) is 7.39. The van der Waals surface area contributed by atoms with Crippen LogP contribution in [0.1, 0.15) is 13.3 Å². The van der Waals surface area contributed by atoms with E-state index in [0.717, 1.165) is 31.2 Å². The van der Waals surface area contributed by atoms with Gasteiger partial charge in [0, 0.05) is 18.1 Å². The minimum absolute atomic E-state index is 0. The number of halogens is 2. The molecule has 1 atom stereocenters. The minimum Gasteiger partial charge on any atom is -0.489 e. The lowest BCUT2D eigenvalue weighted by atomic mass is 10.3. The van der Waals surface area contributed by atoms with Crippen LogP contribution in [-0.4, -0.2) is 31.7 Å². The minimum atomic E-state index is 0. The Morgan fingerprint density at radius 3 is 2.79 bits per heavy atom. The van der Waals surface area contributed by atoms with E-state index in [1.165, 1.54) is 0 Å². The molecule has 19 heavy (non-hydrogen) atoms. The van der Waals surface area contributed by atoms with E-state index in [0.29, 0.717) is 11.6 Å². The highest BCUT2D eigenvalue weighted by Crippen LogP contribution is 2.16. The van der Waals surface area contributed by atoms with Gasteiger partial charge in [0.05, 0.1) is 6.54 Å². The molecule has 0 radical (unpaired) electrons. The van der Waals surface area contributed by atoms with Gasteiger partial charge < -0.3 is 15.4 Å². The first-order valence-corrected chi connectivity index (χ1v) is 6.56. The van der Waals surface area contributed by atoms with Crippen LogP contribution < -0.4 is 15.4 Å². The smallest absolute Gasteiger partial charge is 0.191 e. The van der Waals surface area contributed by atoms with Crippen molar-refractivity contribution in [3.63, 3.8) is 0 Å². The number of hydrogen-bond donors (Lipinski definition) is 2. The summed E-state index contributed by atoms with van der Waals surface area (Å²) in [4.78, 5) is 4.34. The predicted molar refractivity (Wildman–Crippen MR) is 89.9 cm³/mol. The first-order chi connectivity index (χ1) is 8.74. The molecule has 0 fully saturated rings. The Kier molecular flexibility index (Phi) is 7.30. The van der Waals surface area contributed by atoms with Gasteiger partial charge in [-0.2, -0.15) is 0 Å². The molecular formula is C13H19ClIN3O. The van der Waals surface area contributed by atoms with E-state index in [2.05, 4.69) is 15.6 Å². The fourth-order valence-corrected chi connectivity index (χ4v) is 1.80. The fourth-order valence-electron chi connectivity index (χ4n) is 1.68. The fraction of sp³-hybridized carbons (Fsp3) is 0.462. The summed E-state index contributed by atoms with van der Waals surface area (Å²) in [5, 5.41) is 7.17. The number of aliphatic imine (C=N–C) groups is 1. The molecule has 0 aromatic heterocycles. The molecule has 2 rings (SSSR count). The molecule has 2 N–H and O–H groups in total. The molecule has 1 heterocycles. The summed E-state index contributed by atoms with van der Waals surface area (Å²) in [6.07, 6.45) is 1.17. The van der Waals surface area contributed by atoms with Crippen molar-refractivity contribution >= 4 is 41.5 Å². The lowest BCUT2D eigenvalue weighted by Gasteiger charge is -2.19. The Morgan fingerprint density at radius 1 is 1.42 bits per heavy atom. The van der Waals surface area contributed by atoms with Crippen LogP contribution in [0.25, 0.3) is 0 Å². The molecule has 0 saturated carbocycles. The second-order valence-electron chi connectivity index (χ2n) is 4.27. The lowest BCUT2D eigenvalue weighted by molar-refractivity contribution is 0.223. The van der Waals surface area contributed by atoms with Crippen molar-refractivity contribution in [1.29, 1.82) is 0 Å². The third-order valence-electron chi connectivity index (χ3n) is 2.61. The third kappa shape index (κ3) is 5.86. The van der Waals surface area contributed by atoms with Crippen molar-refractivity contribution in [3.8, 4) is 5.75 Å². The van der Waals surface area contributed by atoms with Gasteiger partial charge in [-0.15, -0.1) is 24.0 Å². The summed E-state index contributed by atoms with van der Waals surface area (Å²) in [7, 11) is 0. The molecule has 6 heteroatoms. The van der Waals surface area contributed by atoms with Crippen LogP contribution in [0.5, 0.6) is 5.75 Å². The van der Waals surface area contributed by atoms with Gasteiger partial charge in [0.15, 0.2) is 5.96 Å². The highest BCUT2D eigenvalue weighted by Gasteiger charge is 2.07. The number of nitrogens with one attached hydrogen (secondary N) is 2. The van der Waals surface area contributed by atoms with E-state index < -0.39 is 0 Å². The molecule has 1 aromatic carbocycles. The number of benzene rings is 1. The van der Waals surface area contributed by atoms with Crippen molar-refractivity contribution < 1.29 is 4.74 Å². The van der Waals surface area contributed by atoms with Crippen LogP contribution in [0.3, 0.4) is 0 Å². The van der Waals surface area contributed by atoms with E-state index >= 15 is 0 Å². The van der Waals surface area contributed by atoms with E-state index in [-0.39, 0.29) is 30.1 Å². The van der Waals surface area contributed by atoms with Crippen LogP contribution >= 0.6 is 35.6 Å². The molecule has 0 saturated heterocycles. The van der Waals surface area contributed by atoms with Gasteiger partial charge >= 0.3 is 0 Å². The zero-order valence-electron chi connectivity index (χ0n) is 10.9. The predicted octanol–water partition coefficient (Wildman–Crippen LogP) is 2.66. The summed E-state index contributed by atoms with van der Waals surface area (Å²) in [5.74, 6) is 1.69. The highest BCUT2D eigenvalue weighted by molar-refractivity contribution is 14.0.